The summed E-state index contributed by atoms with van der Waals surface area (Å²) in [6, 6.07) is 2.82. The number of benzene rings is 1. The molecule has 7 nitrogen and oxygen atoms in total. The molecule has 0 spiro atoms. The van der Waals surface area contributed by atoms with Gasteiger partial charge in [-0.1, -0.05) is 13.8 Å². The van der Waals surface area contributed by atoms with Crippen molar-refractivity contribution in [2.75, 3.05) is 20.3 Å². The highest BCUT2D eigenvalue weighted by Gasteiger charge is 2.23. The normalized spacial score (nSPS) is 21.7. The number of rotatable bonds is 1. The Kier molecular flexibility index (Phi) is 9.08. The van der Waals surface area contributed by atoms with Crippen LogP contribution in [-0.4, -0.2) is 53.8 Å². The zero-order chi connectivity index (χ0) is 18.8. The monoisotopic (exact) mass is 356 g/mol. The SMILES string of the molecule is CC.COc1cc(O)c2c(c1)OCCCC(O)C(O)CCCOC2=O. The molecule has 3 N–H and O–H groups in total. The van der Waals surface area contributed by atoms with Crippen LogP contribution >= 0.6 is 0 Å². The Hall–Kier alpha value is -1.99. The molecular formula is C18H28O7. The van der Waals surface area contributed by atoms with Gasteiger partial charge in [-0.25, -0.2) is 4.79 Å². The molecule has 1 heterocycles. The van der Waals surface area contributed by atoms with Gasteiger partial charge in [0.2, 0.25) is 0 Å². The maximum absolute atomic E-state index is 12.2. The molecule has 2 unspecified atom stereocenters. The van der Waals surface area contributed by atoms with Crippen LogP contribution in [0.1, 0.15) is 49.9 Å². The molecule has 1 aromatic carbocycles. The molecule has 0 bridgehead atoms. The fourth-order valence-electron chi connectivity index (χ4n) is 2.40. The van der Waals surface area contributed by atoms with Crippen molar-refractivity contribution in [2.45, 2.75) is 51.7 Å². The molecule has 0 saturated heterocycles. The van der Waals surface area contributed by atoms with E-state index in [-0.39, 0.29) is 30.3 Å². The van der Waals surface area contributed by atoms with Crippen LogP contribution in [0.3, 0.4) is 0 Å². The number of carbonyl (C=O) groups excluding carboxylic acids is 1. The van der Waals surface area contributed by atoms with Crippen LogP contribution in [0.2, 0.25) is 0 Å². The molecule has 0 aliphatic carbocycles. The molecule has 1 aliphatic heterocycles. The van der Waals surface area contributed by atoms with E-state index < -0.39 is 18.2 Å². The molecule has 0 saturated carbocycles. The number of esters is 1. The number of ether oxygens (including phenoxy) is 3. The number of cyclic esters (lactones) is 1. The third-order valence-electron chi connectivity index (χ3n) is 3.72. The van der Waals surface area contributed by atoms with E-state index in [1.807, 2.05) is 13.8 Å². The highest BCUT2D eigenvalue weighted by atomic mass is 16.5. The zero-order valence-corrected chi connectivity index (χ0v) is 15.0. The molecule has 1 aromatic rings. The lowest BCUT2D eigenvalue weighted by atomic mass is 10.0. The summed E-state index contributed by atoms with van der Waals surface area (Å²) >= 11 is 0. The number of methoxy groups -OCH3 is 1. The highest BCUT2D eigenvalue weighted by molar-refractivity contribution is 5.95. The van der Waals surface area contributed by atoms with Gasteiger partial charge in [0.25, 0.3) is 0 Å². The number of hydrogen-bond acceptors (Lipinski definition) is 7. The van der Waals surface area contributed by atoms with E-state index >= 15 is 0 Å². The van der Waals surface area contributed by atoms with Gasteiger partial charge in [0.1, 0.15) is 22.8 Å². The van der Waals surface area contributed by atoms with E-state index in [2.05, 4.69) is 0 Å². The number of phenols is 1. The first-order valence-corrected chi connectivity index (χ1v) is 8.60. The van der Waals surface area contributed by atoms with Gasteiger partial charge >= 0.3 is 5.97 Å². The first-order valence-electron chi connectivity index (χ1n) is 8.60. The van der Waals surface area contributed by atoms with Crippen molar-refractivity contribution in [3.05, 3.63) is 17.7 Å². The Balaban J connectivity index is 0.00000151. The van der Waals surface area contributed by atoms with Crippen LogP contribution < -0.4 is 9.47 Å². The van der Waals surface area contributed by atoms with Gasteiger partial charge in [0.05, 0.1) is 32.5 Å². The van der Waals surface area contributed by atoms with Crippen molar-refractivity contribution >= 4 is 5.97 Å². The molecule has 1 aliphatic rings. The number of aliphatic hydroxyl groups is 2. The third-order valence-corrected chi connectivity index (χ3v) is 3.72. The maximum Gasteiger partial charge on any atom is 0.345 e. The second-order valence-electron chi connectivity index (χ2n) is 5.42. The molecule has 0 aromatic heterocycles. The summed E-state index contributed by atoms with van der Waals surface area (Å²) in [7, 11) is 1.44. The molecule has 0 amide bonds. The van der Waals surface area contributed by atoms with Crippen molar-refractivity contribution in [1.29, 1.82) is 0 Å². The number of hydrogen-bond donors (Lipinski definition) is 3. The quantitative estimate of drug-likeness (QED) is 0.663. The fourth-order valence-corrected chi connectivity index (χ4v) is 2.40. The largest absolute Gasteiger partial charge is 0.507 e. The average Bonchev–Trinajstić information content (AvgIpc) is 2.63. The molecular weight excluding hydrogens is 328 g/mol. The number of phenolic OH excluding ortho intramolecular Hbond substituents is 1. The van der Waals surface area contributed by atoms with E-state index in [1.54, 1.807) is 0 Å². The molecule has 25 heavy (non-hydrogen) atoms. The van der Waals surface area contributed by atoms with Crippen LogP contribution in [-0.2, 0) is 4.74 Å². The Morgan fingerprint density at radius 2 is 1.60 bits per heavy atom. The van der Waals surface area contributed by atoms with E-state index in [4.69, 9.17) is 14.2 Å². The second-order valence-corrected chi connectivity index (χ2v) is 5.42. The Morgan fingerprint density at radius 3 is 2.16 bits per heavy atom. The lowest BCUT2D eigenvalue weighted by molar-refractivity contribution is 0.00236. The van der Waals surface area contributed by atoms with Gasteiger partial charge < -0.3 is 29.5 Å². The van der Waals surface area contributed by atoms with Crippen molar-refractivity contribution < 1.29 is 34.3 Å². The summed E-state index contributed by atoms with van der Waals surface area (Å²) in [6.07, 6.45) is -0.0849. The summed E-state index contributed by atoms with van der Waals surface area (Å²) in [5, 5.41) is 29.7. The van der Waals surface area contributed by atoms with E-state index in [0.29, 0.717) is 31.4 Å². The third kappa shape index (κ3) is 6.10. The van der Waals surface area contributed by atoms with Crippen LogP contribution in [0.4, 0.5) is 0 Å². The van der Waals surface area contributed by atoms with E-state index in [1.165, 1.54) is 19.2 Å². The number of fused-ring (bicyclic) bond motifs is 1. The van der Waals surface area contributed by atoms with Crippen LogP contribution in [0.25, 0.3) is 0 Å². The summed E-state index contributed by atoms with van der Waals surface area (Å²) in [4.78, 5) is 12.2. The van der Waals surface area contributed by atoms with Crippen LogP contribution in [0.15, 0.2) is 12.1 Å². The van der Waals surface area contributed by atoms with Gasteiger partial charge in [-0.2, -0.15) is 0 Å². The van der Waals surface area contributed by atoms with Crippen molar-refractivity contribution in [2.24, 2.45) is 0 Å². The minimum Gasteiger partial charge on any atom is -0.507 e. The highest BCUT2D eigenvalue weighted by Crippen LogP contribution is 2.34. The van der Waals surface area contributed by atoms with Crippen molar-refractivity contribution in [3.63, 3.8) is 0 Å². The summed E-state index contributed by atoms with van der Waals surface area (Å²) in [6.45, 7) is 4.30. The predicted octanol–water partition coefficient (Wildman–Crippen LogP) is 2.26. The lowest BCUT2D eigenvalue weighted by Crippen LogP contribution is -2.26. The van der Waals surface area contributed by atoms with Crippen LogP contribution in [0.5, 0.6) is 17.2 Å². The van der Waals surface area contributed by atoms with E-state index in [0.717, 1.165) is 0 Å². The fraction of sp³-hybridized carbons (Fsp3) is 0.611. The summed E-state index contributed by atoms with van der Waals surface area (Å²) in [5.41, 5.74) is -0.0499. The zero-order valence-electron chi connectivity index (χ0n) is 15.0. The van der Waals surface area contributed by atoms with Gasteiger partial charge in [0, 0.05) is 12.1 Å². The average molecular weight is 356 g/mol. The van der Waals surface area contributed by atoms with Crippen LogP contribution in [0, 0.1) is 0 Å². The molecule has 2 rings (SSSR count). The Bertz CT molecular complexity index is 544. The van der Waals surface area contributed by atoms with Gasteiger partial charge in [-0.3, -0.25) is 0 Å². The first kappa shape index (κ1) is 21.1. The molecule has 2 atom stereocenters. The number of aromatic hydroxyl groups is 1. The number of aliphatic hydroxyl groups excluding tert-OH is 2. The van der Waals surface area contributed by atoms with Gasteiger partial charge in [-0.05, 0) is 25.7 Å². The van der Waals surface area contributed by atoms with Crippen molar-refractivity contribution in [1.82, 2.24) is 0 Å². The Labute approximate surface area is 148 Å². The summed E-state index contributed by atoms with van der Waals surface area (Å²) in [5.74, 6) is -0.455. The predicted molar refractivity (Wildman–Crippen MR) is 92.3 cm³/mol. The second kappa shape index (κ2) is 10.8. The number of carbonyl (C=O) groups is 1. The first-order chi connectivity index (χ1) is 12.0. The van der Waals surface area contributed by atoms with Crippen molar-refractivity contribution in [3.8, 4) is 17.2 Å². The van der Waals surface area contributed by atoms with E-state index in [9.17, 15) is 20.1 Å². The molecule has 0 radical (unpaired) electrons. The molecule has 0 fully saturated rings. The Morgan fingerprint density at radius 1 is 1.04 bits per heavy atom. The maximum atomic E-state index is 12.2. The minimum atomic E-state index is -0.856. The summed E-state index contributed by atoms with van der Waals surface area (Å²) < 4.78 is 15.7. The standard InChI is InChI=1S/C16H22O7.C2H6/c1-21-10-8-13(19)15-14(9-10)22-6-2-4-11(17)12(18)5-3-7-23-16(15)20;1-2/h8-9,11-12,17-19H,2-7H2,1H3;1-2H3. The van der Waals surface area contributed by atoms with Gasteiger partial charge in [-0.15, -0.1) is 0 Å². The molecule has 142 valence electrons. The lowest BCUT2D eigenvalue weighted by Gasteiger charge is -2.17. The molecule has 7 heteroatoms. The topological polar surface area (TPSA) is 105 Å². The van der Waals surface area contributed by atoms with Gasteiger partial charge in [0.15, 0.2) is 0 Å². The minimum absolute atomic E-state index is 0.0499. The smallest absolute Gasteiger partial charge is 0.345 e.